The van der Waals surface area contributed by atoms with Crippen LogP contribution in [0.5, 0.6) is 0 Å². The molecule has 118 valence electrons. The Bertz CT molecular complexity index is 265. The quantitative estimate of drug-likeness (QED) is 0.570. The molecule has 0 aromatic rings. The van der Waals surface area contributed by atoms with Gasteiger partial charge in [-0.25, -0.2) is 0 Å². The minimum Gasteiger partial charge on any atom is -0.390 e. The molecular formula is C17H32O3. The maximum atomic E-state index is 10.8. The Morgan fingerprint density at radius 3 is 1.95 bits per heavy atom. The van der Waals surface area contributed by atoms with Crippen LogP contribution in [0.3, 0.4) is 0 Å². The Kier molecular flexibility index (Phi) is 9.12. The molecule has 0 aliphatic heterocycles. The predicted molar refractivity (Wildman–Crippen MR) is 81.6 cm³/mol. The van der Waals surface area contributed by atoms with Gasteiger partial charge < -0.3 is 15.0 Å². The van der Waals surface area contributed by atoms with Crippen LogP contribution in [0.1, 0.15) is 84.0 Å². The minimum absolute atomic E-state index is 0.309. The lowest BCUT2D eigenvalue weighted by molar-refractivity contribution is -0.117. The lowest BCUT2D eigenvalue weighted by atomic mass is 9.97. The standard InChI is InChI=1S/C17H32O3/c1-14(18)10-8-6-4-2-3-5-7-9-11-15-12-13-16(19)17(15)20/h15-17,19-20H,2-13H2,1H3. The van der Waals surface area contributed by atoms with E-state index < -0.39 is 12.2 Å². The number of unbranched alkanes of at least 4 members (excludes halogenated alkanes) is 7. The third-order valence-electron chi connectivity index (χ3n) is 4.56. The second-order valence-electron chi connectivity index (χ2n) is 6.46. The Morgan fingerprint density at radius 1 is 0.900 bits per heavy atom. The predicted octanol–water partition coefficient (Wildman–Crippen LogP) is 3.61. The van der Waals surface area contributed by atoms with Crippen molar-refractivity contribution in [2.75, 3.05) is 0 Å². The van der Waals surface area contributed by atoms with Crippen LogP contribution in [0.4, 0.5) is 0 Å². The lowest BCUT2D eigenvalue weighted by Crippen LogP contribution is -2.24. The topological polar surface area (TPSA) is 57.5 Å². The van der Waals surface area contributed by atoms with Crippen molar-refractivity contribution in [1.29, 1.82) is 0 Å². The summed E-state index contributed by atoms with van der Waals surface area (Å²) in [5.41, 5.74) is 0. The normalized spacial score (nSPS) is 26.1. The summed E-state index contributed by atoms with van der Waals surface area (Å²) in [6.07, 6.45) is 12.4. The Labute approximate surface area is 123 Å². The van der Waals surface area contributed by atoms with E-state index in [0.717, 1.165) is 32.1 Å². The Hall–Kier alpha value is -0.410. The number of Topliss-reactive ketones (excluding diaryl/α,β-unsaturated/α-hetero) is 1. The molecule has 0 bridgehead atoms. The molecule has 2 N–H and O–H groups in total. The van der Waals surface area contributed by atoms with Crippen molar-refractivity contribution in [3.8, 4) is 0 Å². The molecule has 0 amide bonds. The molecule has 3 atom stereocenters. The van der Waals surface area contributed by atoms with Crippen LogP contribution in [0.2, 0.25) is 0 Å². The highest BCUT2D eigenvalue weighted by atomic mass is 16.3. The summed E-state index contributed by atoms with van der Waals surface area (Å²) >= 11 is 0. The van der Waals surface area contributed by atoms with E-state index in [1.54, 1.807) is 6.92 Å². The summed E-state index contributed by atoms with van der Waals surface area (Å²) in [5.74, 6) is 0.640. The van der Waals surface area contributed by atoms with Crippen LogP contribution in [0.25, 0.3) is 0 Å². The molecule has 1 rings (SSSR count). The monoisotopic (exact) mass is 284 g/mol. The summed E-state index contributed by atoms with van der Waals surface area (Å²) in [6, 6.07) is 0. The van der Waals surface area contributed by atoms with Crippen molar-refractivity contribution in [3.63, 3.8) is 0 Å². The van der Waals surface area contributed by atoms with E-state index >= 15 is 0 Å². The summed E-state index contributed by atoms with van der Waals surface area (Å²) in [6.45, 7) is 1.67. The molecule has 3 unspecified atom stereocenters. The van der Waals surface area contributed by atoms with E-state index in [2.05, 4.69) is 0 Å². The molecule has 0 heterocycles. The summed E-state index contributed by atoms with van der Waals surface area (Å²) in [5, 5.41) is 19.2. The van der Waals surface area contributed by atoms with E-state index in [1.165, 1.54) is 44.9 Å². The van der Waals surface area contributed by atoms with Crippen LogP contribution in [-0.2, 0) is 4.79 Å². The van der Waals surface area contributed by atoms with Crippen LogP contribution in [0.15, 0.2) is 0 Å². The maximum Gasteiger partial charge on any atom is 0.129 e. The van der Waals surface area contributed by atoms with E-state index in [9.17, 15) is 15.0 Å². The lowest BCUT2D eigenvalue weighted by Gasteiger charge is -2.15. The smallest absolute Gasteiger partial charge is 0.129 e. The second-order valence-corrected chi connectivity index (χ2v) is 6.46. The third-order valence-corrected chi connectivity index (χ3v) is 4.56. The SMILES string of the molecule is CC(=O)CCCCCCCCCCC1CCC(O)C1O. The number of carbonyl (C=O) groups is 1. The average molecular weight is 284 g/mol. The van der Waals surface area contributed by atoms with E-state index in [-0.39, 0.29) is 0 Å². The van der Waals surface area contributed by atoms with Gasteiger partial charge >= 0.3 is 0 Å². The second kappa shape index (κ2) is 10.3. The van der Waals surface area contributed by atoms with Crippen molar-refractivity contribution < 1.29 is 15.0 Å². The zero-order valence-corrected chi connectivity index (χ0v) is 13.0. The van der Waals surface area contributed by atoms with Gasteiger partial charge in [0, 0.05) is 6.42 Å². The first kappa shape index (κ1) is 17.6. The van der Waals surface area contributed by atoms with E-state index in [4.69, 9.17) is 0 Å². The number of carbonyl (C=O) groups excluding carboxylic acids is 1. The molecule has 3 heteroatoms. The van der Waals surface area contributed by atoms with Crippen LogP contribution in [0, 0.1) is 5.92 Å². The first-order chi connectivity index (χ1) is 9.61. The largest absolute Gasteiger partial charge is 0.390 e. The highest BCUT2D eigenvalue weighted by Crippen LogP contribution is 2.30. The molecule has 0 saturated heterocycles. The third kappa shape index (κ3) is 7.39. The highest BCUT2D eigenvalue weighted by molar-refractivity contribution is 5.75. The number of rotatable bonds is 11. The van der Waals surface area contributed by atoms with Crippen molar-refractivity contribution in [3.05, 3.63) is 0 Å². The molecule has 0 spiro atoms. The molecule has 1 saturated carbocycles. The number of hydrogen-bond donors (Lipinski definition) is 2. The van der Waals surface area contributed by atoms with Gasteiger partial charge in [-0.1, -0.05) is 44.9 Å². The van der Waals surface area contributed by atoms with Gasteiger partial charge in [-0.15, -0.1) is 0 Å². The van der Waals surface area contributed by atoms with Crippen molar-refractivity contribution in [2.24, 2.45) is 5.92 Å². The fraction of sp³-hybridized carbons (Fsp3) is 0.941. The summed E-state index contributed by atoms with van der Waals surface area (Å²) in [7, 11) is 0. The summed E-state index contributed by atoms with van der Waals surface area (Å²) < 4.78 is 0. The highest BCUT2D eigenvalue weighted by Gasteiger charge is 2.32. The van der Waals surface area contributed by atoms with Crippen LogP contribution >= 0.6 is 0 Å². The number of aliphatic hydroxyl groups excluding tert-OH is 2. The molecule has 3 nitrogen and oxygen atoms in total. The zero-order chi connectivity index (χ0) is 14.8. The van der Waals surface area contributed by atoms with Gasteiger partial charge in [0.2, 0.25) is 0 Å². The summed E-state index contributed by atoms with van der Waals surface area (Å²) in [4.78, 5) is 10.8. The molecule has 0 aromatic heterocycles. The van der Waals surface area contributed by atoms with Gasteiger partial charge in [-0.2, -0.15) is 0 Å². The van der Waals surface area contributed by atoms with E-state index in [1.807, 2.05) is 0 Å². The van der Waals surface area contributed by atoms with Gasteiger partial charge in [-0.05, 0) is 38.5 Å². The fourth-order valence-electron chi connectivity index (χ4n) is 3.20. The van der Waals surface area contributed by atoms with Crippen molar-refractivity contribution >= 4 is 5.78 Å². The molecule has 1 fully saturated rings. The molecular weight excluding hydrogens is 252 g/mol. The first-order valence-corrected chi connectivity index (χ1v) is 8.47. The van der Waals surface area contributed by atoms with Gasteiger partial charge in [0.15, 0.2) is 0 Å². The van der Waals surface area contributed by atoms with Gasteiger partial charge in [-0.3, -0.25) is 0 Å². The van der Waals surface area contributed by atoms with Crippen LogP contribution < -0.4 is 0 Å². The van der Waals surface area contributed by atoms with Crippen molar-refractivity contribution in [2.45, 2.75) is 96.2 Å². The molecule has 1 aliphatic rings. The average Bonchev–Trinajstić information content (AvgIpc) is 2.72. The minimum atomic E-state index is -0.477. The Morgan fingerprint density at radius 2 is 1.45 bits per heavy atom. The molecule has 1 aliphatic carbocycles. The van der Waals surface area contributed by atoms with Crippen molar-refractivity contribution in [1.82, 2.24) is 0 Å². The maximum absolute atomic E-state index is 10.8. The van der Waals surface area contributed by atoms with Gasteiger partial charge in [0.05, 0.1) is 12.2 Å². The number of ketones is 1. The Balaban J connectivity index is 1.82. The molecule has 0 aromatic carbocycles. The zero-order valence-electron chi connectivity index (χ0n) is 13.0. The first-order valence-electron chi connectivity index (χ1n) is 8.47. The van der Waals surface area contributed by atoms with E-state index in [0.29, 0.717) is 11.7 Å². The molecule has 0 radical (unpaired) electrons. The van der Waals surface area contributed by atoms with Gasteiger partial charge in [0.1, 0.15) is 5.78 Å². The molecule has 20 heavy (non-hydrogen) atoms. The van der Waals surface area contributed by atoms with Gasteiger partial charge in [0.25, 0.3) is 0 Å². The number of hydrogen-bond acceptors (Lipinski definition) is 3. The fourth-order valence-corrected chi connectivity index (χ4v) is 3.20. The van der Waals surface area contributed by atoms with Crippen LogP contribution in [-0.4, -0.2) is 28.2 Å². The number of aliphatic hydroxyl groups is 2.